The van der Waals surface area contributed by atoms with E-state index in [2.05, 4.69) is 10.6 Å². The van der Waals surface area contributed by atoms with Crippen molar-refractivity contribution in [1.82, 2.24) is 10.6 Å². The van der Waals surface area contributed by atoms with Crippen LogP contribution in [0.25, 0.3) is 0 Å². The van der Waals surface area contributed by atoms with Crippen LogP contribution < -0.4 is 15.4 Å². The topological polar surface area (TPSA) is 59.6 Å². The molecule has 0 saturated carbocycles. The molecule has 1 aliphatic rings. The molecule has 104 valence electrons. The van der Waals surface area contributed by atoms with E-state index in [1.165, 1.54) is 0 Å². The maximum Gasteiger partial charge on any atom is 0.223 e. The molecule has 0 radical (unpaired) electrons. The van der Waals surface area contributed by atoms with Crippen molar-refractivity contribution in [3.63, 3.8) is 0 Å². The maximum absolute atomic E-state index is 11.4. The lowest BCUT2D eigenvalue weighted by atomic mass is 10.2. The van der Waals surface area contributed by atoms with Gasteiger partial charge in [-0.3, -0.25) is 4.79 Å². The Bertz CT molecular complexity index is 436. The Morgan fingerprint density at radius 2 is 2.32 bits per heavy atom. The second-order valence-corrected chi connectivity index (χ2v) is 4.49. The third-order valence-corrected chi connectivity index (χ3v) is 3.12. The second kappa shape index (κ2) is 6.54. The monoisotopic (exact) mass is 264 g/mol. The van der Waals surface area contributed by atoms with Crippen molar-refractivity contribution in [1.29, 1.82) is 0 Å². The Hall–Kier alpha value is -1.59. The van der Waals surface area contributed by atoms with Gasteiger partial charge in [-0.1, -0.05) is 12.1 Å². The standard InChI is InChI=1S/C14H20N2O3/c1-3-19-14-12(8-13(17)16-14)15-9-10-5-4-6-11(7-10)18-2/h4-7,12,14-15H,3,8-9H2,1-2H3,(H,16,17). The van der Waals surface area contributed by atoms with Crippen molar-refractivity contribution in [2.24, 2.45) is 0 Å². The van der Waals surface area contributed by atoms with Crippen molar-refractivity contribution >= 4 is 5.91 Å². The molecule has 19 heavy (non-hydrogen) atoms. The number of ether oxygens (including phenoxy) is 2. The van der Waals surface area contributed by atoms with Crippen molar-refractivity contribution in [3.05, 3.63) is 29.8 Å². The van der Waals surface area contributed by atoms with E-state index in [0.29, 0.717) is 19.6 Å². The molecule has 0 bridgehead atoms. The van der Waals surface area contributed by atoms with Gasteiger partial charge in [-0.2, -0.15) is 0 Å². The third-order valence-electron chi connectivity index (χ3n) is 3.12. The largest absolute Gasteiger partial charge is 0.497 e. The fraction of sp³-hybridized carbons (Fsp3) is 0.500. The molecule has 0 spiro atoms. The average molecular weight is 264 g/mol. The number of nitrogens with one attached hydrogen (secondary N) is 2. The minimum Gasteiger partial charge on any atom is -0.497 e. The number of methoxy groups -OCH3 is 1. The van der Waals surface area contributed by atoms with E-state index in [4.69, 9.17) is 9.47 Å². The number of benzene rings is 1. The molecule has 5 nitrogen and oxygen atoms in total. The van der Waals surface area contributed by atoms with Gasteiger partial charge in [0.15, 0.2) is 0 Å². The van der Waals surface area contributed by atoms with E-state index in [0.717, 1.165) is 11.3 Å². The Labute approximate surface area is 113 Å². The molecule has 2 N–H and O–H groups in total. The summed E-state index contributed by atoms with van der Waals surface area (Å²) >= 11 is 0. The van der Waals surface area contributed by atoms with E-state index < -0.39 is 0 Å². The summed E-state index contributed by atoms with van der Waals surface area (Å²) in [6, 6.07) is 7.88. The molecule has 5 heteroatoms. The summed E-state index contributed by atoms with van der Waals surface area (Å²) in [6.07, 6.45) is 0.220. The quantitative estimate of drug-likeness (QED) is 0.806. The molecular weight excluding hydrogens is 244 g/mol. The van der Waals surface area contributed by atoms with Crippen molar-refractivity contribution in [2.75, 3.05) is 13.7 Å². The molecule has 1 aromatic carbocycles. The smallest absolute Gasteiger partial charge is 0.223 e. The zero-order valence-corrected chi connectivity index (χ0v) is 11.3. The van der Waals surface area contributed by atoms with Crippen LogP contribution in [-0.2, 0) is 16.1 Å². The van der Waals surface area contributed by atoms with Gasteiger partial charge in [-0.05, 0) is 24.6 Å². The first kappa shape index (κ1) is 13.8. The van der Waals surface area contributed by atoms with Crippen LogP contribution >= 0.6 is 0 Å². The minimum atomic E-state index is -0.233. The highest BCUT2D eigenvalue weighted by Gasteiger charge is 2.32. The van der Waals surface area contributed by atoms with Crippen molar-refractivity contribution < 1.29 is 14.3 Å². The van der Waals surface area contributed by atoms with Crippen LogP contribution in [0.5, 0.6) is 5.75 Å². The van der Waals surface area contributed by atoms with Crippen LogP contribution in [0.1, 0.15) is 18.9 Å². The third kappa shape index (κ3) is 3.68. The predicted octanol–water partition coefficient (Wildman–Crippen LogP) is 1.04. The van der Waals surface area contributed by atoms with Crippen LogP contribution in [0.3, 0.4) is 0 Å². The van der Waals surface area contributed by atoms with Crippen molar-refractivity contribution in [2.45, 2.75) is 32.2 Å². The van der Waals surface area contributed by atoms with Crippen LogP contribution in [0.2, 0.25) is 0 Å². The summed E-state index contributed by atoms with van der Waals surface area (Å²) in [6.45, 7) is 3.19. The van der Waals surface area contributed by atoms with E-state index >= 15 is 0 Å². The fourth-order valence-electron chi connectivity index (χ4n) is 2.17. The predicted molar refractivity (Wildman–Crippen MR) is 71.8 cm³/mol. The Morgan fingerprint density at radius 1 is 1.47 bits per heavy atom. The summed E-state index contributed by atoms with van der Waals surface area (Å²) in [7, 11) is 1.65. The second-order valence-electron chi connectivity index (χ2n) is 4.49. The normalized spacial score (nSPS) is 22.3. The first-order chi connectivity index (χ1) is 9.22. The highest BCUT2D eigenvalue weighted by atomic mass is 16.5. The average Bonchev–Trinajstić information content (AvgIpc) is 2.77. The summed E-state index contributed by atoms with van der Waals surface area (Å²) in [5.74, 6) is 0.864. The Kier molecular flexibility index (Phi) is 4.76. The summed E-state index contributed by atoms with van der Waals surface area (Å²) in [4.78, 5) is 11.4. The van der Waals surface area contributed by atoms with E-state index in [1.807, 2.05) is 31.2 Å². The number of hydrogen-bond donors (Lipinski definition) is 2. The van der Waals surface area contributed by atoms with Gasteiger partial charge in [-0.25, -0.2) is 0 Å². The number of carbonyl (C=O) groups is 1. The summed E-state index contributed by atoms with van der Waals surface area (Å²) in [5, 5.41) is 6.17. The summed E-state index contributed by atoms with van der Waals surface area (Å²) < 4.78 is 10.7. The minimum absolute atomic E-state index is 0.0126. The van der Waals surface area contributed by atoms with Gasteiger partial charge >= 0.3 is 0 Å². The zero-order valence-electron chi connectivity index (χ0n) is 11.3. The van der Waals surface area contributed by atoms with E-state index in [-0.39, 0.29) is 18.2 Å². The van der Waals surface area contributed by atoms with Gasteiger partial charge in [0.05, 0.1) is 13.2 Å². The van der Waals surface area contributed by atoms with Crippen LogP contribution in [0, 0.1) is 0 Å². The highest BCUT2D eigenvalue weighted by molar-refractivity contribution is 5.79. The molecule has 1 aromatic rings. The molecule has 0 aromatic heterocycles. The maximum atomic E-state index is 11.4. The van der Waals surface area contributed by atoms with Gasteiger partial charge in [0, 0.05) is 19.6 Å². The lowest BCUT2D eigenvalue weighted by Gasteiger charge is -2.20. The number of hydrogen-bond acceptors (Lipinski definition) is 4. The van der Waals surface area contributed by atoms with Crippen LogP contribution in [-0.4, -0.2) is 31.9 Å². The molecule has 1 aliphatic heterocycles. The Balaban J connectivity index is 1.91. The van der Waals surface area contributed by atoms with Gasteiger partial charge < -0.3 is 20.1 Å². The van der Waals surface area contributed by atoms with Gasteiger partial charge in [-0.15, -0.1) is 0 Å². The number of amides is 1. The fourth-order valence-corrected chi connectivity index (χ4v) is 2.17. The zero-order chi connectivity index (χ0) is 13.7. The molecule has 1 amide bonds. The Morgan fingerprint density at radius 3 is 3.05 bits per heavy atom. The van der Waals surface area contributed by atoms with Crippen LogP contribution in [0.15, 0.2) is 24.3 Å². The molecule has 0 aliphatic carbocycles. The number of carbonyl (C=O) groups excluding carboxylic acids is 1. The first-order valence-corrected chi connectivity index (χ1v) is 6.50. The number of rotatable bonds is 6. The van der Waals surface area contributed by atoms with Crippen molar-refractivity contribution in [3.8, 4) is 5.75 Å². The highest BCUT2D eigenvalue weighted by Crippen LogP contribution is 2.14. The molecular formula is C14H20N2O3. The van der Waals surface area contributed by atoms with Crippen LogP contribution in [0.4, 0.5) is 0 Å². The molecule has 1 saturated heterocycles. The van der Waals surface area contributed by atoms with E-state index in [9.17, 15) is 4.79 Å². The lowest BCUT2D eigenvalue weighted by molar-refractivity contribution is -0.120. The lowest BCUT2D eigenvalue weighted by Crippen LogP contribution is -2.42. The van der Waals surface area contributed by atoms with Gasteiger partial charge in [0.1, 0.15) is 12.0 Å². The molecule has 1 fully saturated rings. The van der Waals surface area contributed by atoms with E-state index in [1.54, 1.807) is 7.11 Å². The summed E-state index contributed by atoms with van der Waals surface area (Å²) in [5.41, 5.74) is 1.12. The molecule has 2 atom stereocenters. The SMILES string of the molecule is CCOC1NC(=O)CC1NCc1cccc(OC)c1. The molecule has 2 rings (SSSR count). The molecule has 1 heterocycles. The molecule has 2 unspecified atom stereocenters. The first-order valence-electron chi connectivity index (χ1n) is 6.50. The van der Waals surface area contributed by atoms with Gasteiger partial charge in [0.2, 0.25) is 5.91 Å². The van der Waals surface area contributed by atoms with Gasteiger partial charge in [0.25, 0.3) is 0 Å².